The van der Waals surface area contributed by atoms with Crippen LogP contribution >= 0.6 is 24.0 Å². The van der Waals surface area contributed by atoms with Gasteiger partial charge in [-0.15, -0.1) is 12.4 Å². The van der Waals surface area contributed by atoms with E-state index in [2.05, 4.69) is 19.9 Å². The number of piperazine rings is 1. The molecule has 2 heterocycles. The van der Waals surface area contributed by atoms with Crippen molar-refractivity contribution in [2.75, 3.05) is 39.3 Å². The fourth-order valence-electron chi connectivity index (χ4n) is 3.42. The first-order valence-electron chi connectivity index (χ1n) is 8.02. The van der Waals surface area contributed by atoms with Crippen LogP contribution in [0, 0.1) is 0 Å². The van der Waals surface area contributed by atoms with E-state index in [4.69, 9.17) is 11.6 Å². The molecule has 0 amide bonds. The standard InChI is InChI=1S/C16H22ClF2N3O.ClH/c17-13-1-2-15(23-16(18)19)12(9-13)10-21-6-3-14(11-21)22-7-4-20-5-8-22;/h1-2,9,14,16,20H,3-8,10-11H2;1H. The normalized spacial score (nSPS) is 22.6. The second kappa shape index (κ2) is 9.15. The van der Waals surface area contributed by atoms with Gasteiger partial charge in [0.05, 0.1) is 0 Å². The molecule has 2 fully saturated rings. The van der Waals surface area contributed by atoms with E-state index in [0.29, 0.717) is 17.6 Å². The van der Waals surface area contributed by atoms with Crippen LogP contribution in [0.2, 0.25) is 5.02 Å². The Kier molecular flexibility index (Phi) is 7.50. The molecule has 8 heteroatoms. The van der Waals surface area contributed by atoms with Crippen molar-refractivity contribution in [3.05, 3.63) is 28.8 Å². The summed E-state index contributed by atoms with van der Waals surface area (Å²) >= 11 is 6.01. The summed E-state index contributed by atoms with van der Waals surface area (Å²) in [5, 5.41) is 3.90. The summed E-state index contributed by atoms with van der Waals surface area (Å²) < 4.78 is 29.7. The van der Waals surface area contributed by atoms with Gasteiger partial charge in [0.1, 0.15) is 5.75 Å². The van der Waals surface area contributed by atoms with Gasteiger partial charge in [-0.2, -0.15) is 8.78 Å². The molecule has 3 rings (SSSR count). The fraction of sp³-hybridized carbons (Fsp3) is 0.625. The molecule has 0 spiro atoms. The fourth-order valence-corrected chi connectivity index (χ4v) is 3.62. The molecule has 0 aliphatic carbocycles. The van der Waals surface area contributed by atoms with E-state index >= 15 is 0 Å². The molecule has 136 valence electrons. The summed E-state index contributed by atoms with van der Waals surface area (Å²) in [6, 6.07) is 5.37. The minimum Gasteiger partial charge on any atom is -0.434 e. The van der Waals surface area contributed by atoms with Crippen molar-refractivity contribution in [3.8, 4) is 5.75 Å². The van der Waals surface area contributed by atoms with Crippen molar-refractivity contribution < 1.29 is 13.5 Å². The van der Waals surface area contributed by atoms with Crippen molar-refractivity contribution in [2.45, 2.75) is 25.6 Å². The number of hydrogen-bond donors (Lipinski definition) is 1. The van der Waals surface area contributed by atoms with Gasteiger partial charge in [-0.1, -0.05) is 11.6 Å². The molecule has 1 aromatic rings. The molecule has 1 aromatic carbocycles. The topological polar surface area (TPSA) is 27.7 Å². The highest BCUT2D eigenvalue weighted by atomic mass is 35.5. The van der Waals surface area contributed by atoms with Gasteiger partial charge < -0.3 is 10.1 Å². The molecule has 2 saturated heterocycles. The summed E-state index contributed by atoms with van der Waals surface area (Å²) in [7, 11) is 0. The van der Waals surface area contributed by atoms with Gasteiger partial charge in [0.15, 0.2) is 0 Å². The maximum Gasteiger partial charge on any atom is 0.387 e. The Bertz CT molecular complexity index is 530. The molecule has 0 aromatic heterocycles. The first-order chi connectivity index (χ1) is 11.1. The molecule has 1 atom stereocenters. The van der Waals surface area contributed by atoms with E-state index in [-0.39, 0.29) is 18.2 Å². The summed E-state index contributed by atoms with van der Waals surface area (Å²) in [4.78, 5) is 4.81. The molecule has 2 aliphatic rings. The quantitative estimate of drug-likeness (QED) is 0.848. The molecular weight excluding hydrogens is 359 g/mol. The number of benzene rings is 1. The first kappa shape index (κ1) is 19.7. The van der Waals surface area contributed by atoms with Gasteiger partial charge in [0.2, 0.25) is 0 Å². The minimum atomic E-state index is -2.82. The SMILES string of the molecule is Cl.FC(F)Oc1ccc(Cl)cc1CN1CCC(N2CCNCC2)C1. The van der Waals surface area contributed by atoms with Crippen molar-refractivity contribution in [1.29, 1.82) is 0 Å². The van der Waals surface area contributed by atoms with Crippen LogP contribution in [0.1, 0.15) is 12.0 Å². The number of rotatable bonds is 5. The second-order valence-corrected chi connectivity index (χ2v) is 6.53. The van der Waals surface area contributed by atoms with Crippen molar-refractivity contribution in [1.82, 2.24) is 15.1 Å². The summed E-state index contributed by atoms with van der Waals surface area (Å²) in [6.45, 7) is 3.93. The minimum absolute atomic E-state index is 0. The second-order valence-electron chi connectivity index (χ2n) is 6.09. The number of nitrogens with one attached hydrogen (secondary N) is 1. The predicted octanol–water partition coefficient (Wildman–Crippen LogP) is 2.84. The van der Waals surface area contributed by atoms with Gasteiger partial charge >= 0.3 is 6.61 Å². The highest BCUT2D eigenvalue weighted by Crippen LogP contribution is 2.27. The number of alkyl halides is 2. The summed E-state index contributed by atoms with van der Waals surface area (Å²) in [6.07, 6.45) is 1.12. The van der Waals surface area contributed by atoms with Crippen molar-refractivity contribution in [3.63, 3.8) is 0 Å². The lowest BCUT2D eigenvalue weighted by atomic mass is 10.2. The van der Waals surface area contributed by atoms with Crippen molar-refractivity contribution in [2.24, 2.45) is 0 Å². The lowest BCUT2D eigenvalue weighted by Gasteiger charge is -2.32. The van der Waals surface area contributed by atoms with E-state index in [1.54, 1.807) is 12.1 Å². The van der Waals surface area contributed by atoms with Gasteiger partial charge in [-0.25, -0.2) is 0 Å². The van der Waals surface area contributed by atoms with Gasteiger partial charge in [-0.05, 0) is 24.6 Å². The predicted molar refractivity (Wildman–Crippen MR) is 93.5 cm³/mol. The zero-order valence-corrected chi connectivity index (χ0v) is 15.0. The van der Waals surface area contributed by atoms with Crippen LogP contribution in [-0.4, -0.2) is 61.7 Å². The molecule has 0 saturated carbocycles. The van der Waals surface area contributed by atoms with E-state index in [1.807, 2.05) is 0 Å². The van der Waals surface area contributed by atoms with Gasteiger partial charge in [0, 0.05) is 62.4 Å². The average molecular weight is 382 g/mol. The summed E-state index contributed by atoms with van der Waals surface area (Å²) in [5.41, 5.74) is 0.721. The lowest BCUT2D eigenvalue weighted by molar-refractivity contribution is -0.0507. The van der Waals surface area contributed by atoms with E-state index in [9.17, 15) is 8.78 Å². The van der Waals surface area contributed by atoms with Gasteiger partial charge in [0.25, 0.3) is 0 Å². The van der Waals surface area contributed by atoms with Crippen LogP contribution in [0.15, 0.2) is 18.2 Å². The Labute approximate surface area is 152 Å². The largest absolute Gasteiger partial charge is 0.434 e. The Hall–Kier alpha value is -0.660. The number of halogens is 4. The monoisotopic (exact) mass is 381 g/mol. The molecule has 4 nitrogen and oxygen atoms in total. The Morgan fingerprint density at radius 2 is 2.00 bits per heavy atom. The molecule has 1 unspecified atom stereocenters. The van der Waals surface area contributed by atoms with Crippen LogP contribution < -0.4 is 10.1 Å². The molecule has 1 N–H and O–H groups in total. The van der Waals surface area contributed by atoms with Crippen molar-refractivity contribution >= 4 is 24.0 Å². The van der Waals surface area contributed by atoms with Crippen LogP contribution in [0.5, 0.6) is 5.75 Å². The lowest BCUT2D eigenvalue weighted by Crippen LogP contribution is -2.49. The van der Waals surface area contributed by atoms with Crippen LogP contribution in [0.3, 0.4) is 0 Å². The van der Waals surface area contributed by atoms with E-state index in [1.165, 1.54) is 6.07 Å². The maximum atomic E-state index is 12.5. The first-order valence-corrected chi connectivity index (χ1v) is 8.40. The van der Waals surface area contributed by atoms with Crippen LogP contribution in [-0.2, 0) is 6.54 Å². The molecular formula is C16H23Cl2F2N3O. The third-order valence-electron chi connectivity index (χ3n) is 4.55. The Morgan fingerprint density at radius 3 is 2.71 bits per heavy atom. The van der Waals surface area contributed by atoms with Crippen LogP contribution in [0.4, 0.5) is 8.78 Å². The van der Waals surface area contributed by atoms with Crippen LogP contribution in [0.25, 0.3) is 0 Å². The zero-order chi connectivity index (χ0) is 16.2. The summed E-state index contributed by atoms with van der Waals surface area (Å²) in [5.74, 6) is 0.218. The number of likely N-dealkylation sites (tertiary alicyclic amines) is 1. The smallest absolute Gasteiger partial charge is 0.387 e. The van der Waals surface area contributed by atoms with E-state index < -0.39 is 6.61 Å². The highest BCUT2D eigenvalue weighted by Gasteiger charge is 2.28. The van der Waals surface area contributed by atoms with E-state index in [0.717, 1.165) is 51.3 Å². The molecule has 0 bridgehead atoms. The third kappa shape index (κ3) is 5.17. The highest BCUT2D eigenvalue weighted by molar-refractivity contribution is 6.30. The maximum absolute atomic E-state index is 12.5. The number of hydrogen-bond acceptors (Lipinski definition) is 4. The molecule has 0 radical (unpaired) electrons. The number of nitrogens with zero attached hydrogens (tertiary/aromatic N) is 2. The third-order valence-corrected chi connectivity index (χ3v) is 4.78. The van der Waals surface area contributed by atoms with Gasteiger partial charge in [-0.3, -0.25) is 9.80 Å². The average Bonchev–Trinajstić information content (AvgIpc) is 2.99. The zero-order valence-electron chi connectivity index (χ0n) is 13.4. The Morgan fingerprint density at radius 1 is 1.25 bits per heavy atom. The number of ether oxygens (including phenoxy) is 1. The Balaban J connectivity index is 0.00000208. The molecule has 2 aliphatic heterocycles. The molecule has 24 heavy (non-hydrogen) atoms.